The van der Waals surface area contributed by atoms with Gasteiger partial charge in [0.1, 0.15) is 180 Å². The normalized spacial score (nSPS) is 14.2. The van der Waals surface area contributed by atoms with Crippen molar-refractivity contribution in [3.8, 4) is 0 Å². The van der Waals surface area contributed by atoms with Crippen molar-refractivity contribution < 1.29 is 0 Å². The molecule has 4 aliphatic heterocycles. The second-order valence-electron chi connectivity index (χ2n) is 29.7. The highest BCUT2D eigenvalue weighted by Gasteiger charge is 2.51. The molecule has 1 unspecified atom stereocenters. The zero-order valence-corrected chi connectivity index (χ0v) is 57.7. The van der Waals surface area contributed by atoms with Crippen LogP contribution < -0.4 is 173 Å². The van der Waals surface area contributed by atoms with E-state index in [0.29, 0.717) is 72.3 Å². The van der Waals surface area contributed by atoms with Gasteiger partial charge in [-0.3, -0.25) is 0 Å². The van der Waals surface area contributed by atoms with Crippen molar-refractivity contribution in [3.63, 3.8) is 0 Å². The first-order chi connectivity index (χ1) is 48.5. The van der Waals surface area contributed by atoms with Gasteiger partial charge in [0.15, 0.2) is 0 Å². The lowest BCUT2D eigenvalue weighted by Crippen LogP contribution is -2.73. The third kappa shape index (κ3) is 9.50. The van der Waals surface area contributed by atoms with Gasteiger partial charge in [-0.1, -0.05) is 152 Å². The average Bonchev–Trinajstić information content (AvgIpc) is 0.674. The fourth-order valence-corrected chi connectivity index (χ4v) is 16.7. The molecule has 1 atom stereocenters. The summed E-state index contributed by atoms with van der Waals surface area (Å²) in [5, 5.41) is 6.21. The zero-order chi connectivity index (χ0) is 73.8. The number of nitrogens with zero attached hydrogens (tertiary/aromatic N) is 3. The highest BCUT2D eigenvalue weighted by Crippen LogP contribution is 2.50. The van der Waals surface area contributed by atoms with Crippen LogP contribution in [0.2, 0.25) is 0 Å². The highest BCUT2D eigenvalue weighted by molar-refractivity contribution is 7.05. The maximum absolute atomic E-state index is 7.69. The van der Waals surface area contributed by atoms with Crippen molar-refractivity contribution in [2.45, 2.75) is 58.3 Å². The summed E-state index contributed by atoms with van der Waals surface area (Å²) in [7, 11) is 165. The van der Waals surface area contributed by atoms with Gasteiger partial charge in [-0.15, -0.1) is 98.3 Å². The fourth-order valence-electron chi connectivity index (χ4n) is 16.7. The molecule has 0 saturated heterocycles. The Labute approximate surface area is 635 Å². The Morgan fingerprint density at radius 2 is 0.602 bits per heavy atom. The van der Waals surface area contributed by atoms with Crippen LogP contribution in [0.5, 0.6) is 0 Å². The van der Waals surface area contributed by atoms with E-state index >= 15 is 0 Å². The van der Waals surface area contributed by atoms with Crippen LogP contribution in [0.1, 0.15) is 75.3 Å². The molecule has 4 heterocycles. The molecule has 4 aliphatic rings. The number of rotatable bonds is 4. The molecule has 0 fully saturated rings. The van der Waals surface area contributed by atoms with Crippen molar-refractivity contribution in [2.24, 2.45) is 0 Å². The van der Waals surface area contributed by atoms with E-state index in [1.807, 2.05) is 28.0 Å². The van der Waals surface area contributed by atoms with Crippen molar-refractivity contribution in [1.29, 1.82) is 0 Å². The van der Waals surface area contributed by atoms with Crippen LogP contribution in [0.15, 0.2) is 103 Å². The summed E-state index contributed by atoms with van der Waals surface area (Å²) in [5.74, 6) is -1.05. The molecular weight excluding hydrogens is 1210 g/mol. The second-order valence-corrected chi connectivity index (χ2v) is 29.7. The van der Waals surface area contributed by atoms with Crippen LogP contribution in [0, 0.1) is 0 Å². The Balaban J connectivity index is 1.15. The molecule has 28 heteroatoms. The molecule has 3 nitrogen and oxygen atoms in total. The molecule has 0 aromatic heterocycles. The quantitative estimate of drug-likeness (QED) is 0.128. The molecule has 0 N–H and O–H groups in total. The summed E-state index contributed by atoms with van der Waals surface area (Å²) >= 11 is 0. The monoisotopic (exact) mass is 1250 g/mol. The Kier molecular flexibility index (Phi) is 16.1. The Bertz CT molecular complexity index is 5840. The lowest BCUT2D eigenvalue weighted by molar-refractivity contribution is 0.589. The topological polar surface area (TPSA) is 9.72 Å². The largest absolute Gasteiger partial charge is 0.313 e. The number of hydrogen-bond acceptors (Lipinski definition) is 3. The second kappa shape index (κ2) is 23.7. The van der Waals surface area contributed by atoms with E-state index in [0.717, 1.165) is 49.1 Å². The number of hydrogen-bond donors (Lipinski definition) is 0. The fraction of sp³-hybridized carbons (Fsp3) is 0.120. The van der Waals surface area contributed by atoms with E-state index in [9.17, 15) is 0 Å². The summed E-state index contributed by atoms with van der Waals surface area (Å²) in [4.78, 5) is 6.05. The van der Waals surface area contributed by atoms with Crippen LogP contribution >= 0.6 is 0 Å². The molecule has 103 heavy (non-hydrogen) atoms. The minimum Gasteiger partial charge on any atom is -0.313 e. The molecule has 16 rings (SSSR count). The average molecular weight is 1250 g/mol. The lowest BCUT2D eigenvalue weighted by Gasteiger charge is -2.50. The number of benzene rings is 12. The van der Waals surface area contributed by atoms with Gasteiger partial charge in [-0.25, -0.2) is 0 Å². The van der Waals surface area contributed by atoms with Crippen LogP contribution in [-0.4, -0.2) is 194 Å². The Morgan fingerprint density at radius 3 is 1.07 bits per heavy atom. The van der Waals surface area contributed by atoms with Crippen molar-refractivity contribution in [3.05, 3.63) is 131 Å². The first kappa shape index (κ1) is 69.8. The zero-order valence-electron chi connectivity index (χ0n) is 57.7. The predicted octanol–water partition coefficient (Wildman–Crippen LogP) is -12.1. The summed E-state index contributed by atoms with van der Waals surface area (Å²) < 4.78 is 0. The van der Waals surface area contributed by atoms with E-state index < -0.39 is 30.2 Å². The van der Waals surface area contributed by atoms with E-state index in [-0.39, 0.29) is 148 Å². The molecule has 0 aliphatic carbocycles. The van der Waals surface area contributed by atoms with Crippen molar-refractivity contribution in [2.75, 3.05) is 14.7 Å². The molecule has 12 aromatic carbocycles. The summed E-state index contributed by atoms with van der Waals surface area (Å²) in [6.07, 6.45) is 0. The van der Waals surface area contributed by atoms with E-state index in [1.165, 1.54) is 0 Å². The van der Waals surface area contributed by atoms with Gasteiger partial charge in [-0.2, -0.15) is 0 Å². The molecule has 46 radical (unpaired) electrons. The van der Waals surface area contributed by atoms with Crippen LogP contribution in [0.25, 0.3) is 32.3 Å². The summed E-state index contributed by atoms with van der Waals surface area (Å²) in [5.41, 5.74) is 9.65. The van der Waals surface area contributed by atoms with E-state index in [4.69, 9.17) is 180 Å². The summed E-state index contributed by atoms with van der Waals surface area (Å²) in [6, 6.07) is 35.9. The predicted molar refractivity (Wildman–Crippen MR) is 467 cm³/mol. The lowest BCUT2D eigenvalue weighted by atomic mass is 9.26. The van der Waals surface area contributed by atoms with Crippen LogP contribution in [0.4, 0.5) is 51.2 Å². The summed E-state index contributed by atoms with van der Waals surface area (Å²) in [6.45, 7) is 10.7. The molecule has 0 bridgehead atoms. The minimum atomic E-state index is -1.05. The SMILES string of the molecule is [B]c1c([B])c([B])c(C2c3cc(C(C)(C)C)cc4c3B(c3cc5c(cc3N4c3c([B])c([B])c([B])c([B])c3[B])N(c3ccc4c6ccccc6c6ccccc6c4c3)c3cc(C(C)(C)C)cc4c3B5c3c([B])c([B])c([B])c([B])c3N4c3c([B])c([B])c([B])c([B])c3[B])c3c([B])c([B])c([B])c([B])c32)c([B])c1[B]. The van der Waals surface area contributed by atoms with E-state index in [1.54, 1.807) is 0 Å². The van der Waals surface area contributed by atoms with Crippen molar-refractivity contribution >= 4 is 436 Å². The number of anilines is 9. The first-order valence-corrected chi connectivity index (χ1v) is 33.4. The molecule has 12 aromatic rings. The Morgan fingerprint density at radius 1 is 0.262 bits per heavy atom. The third-order valence-corrected chi connectivity index (χ3v) is 22.3. The van der Waals surface area contributed by atoms with Gasteiger partial charge in [0.25, 0.3) is 6.71 Å². The molecular formula is C75H36B25N3. The van der Waals surface area contributed by atoms with Crippen molar-refractivity contribution in [1.82, 2.24) is 0 Å². The number of fused-ring (bicyclic) bond motifs is 14. The maximum atomic E-state index is 7.69. The van der Waals surface area contributed by atoms with Crippen LogP contribution in [-0.2, 0) is 10.8 Å². The maximum Gasteiger partial charge on any atom is 0.251 e. The highest BCUT2D eigenvalue weighted by atomic mass is 15.2. The molecule has 0 spiro atoms. The smallest absolute Gasteiger partial charge is 0.251 e. The standard InChI is InChI=1S/C75H36B25N3/c1-74(2,3)24-17-33-41(42-44(76)47(79)50(82)48(80)45(42)77)43-46(78)49(81)53(85)60(92)69(43)99-35-22-34-36(23-37(35)102(38(18-24)67(33)99)71-62(94)55(87)51(83)56(88)63(71)95)101(26-15-16-31-29-13-8-7-11-27(29)28-12-9-10-14-30(28)32(31)21-26)39-19-25(75(4,5)6)20-40-68(39)100(34)70-61(93)54(86)59(91)66(98)73(70)103(40)72-64(96)57(89)52(84)58(90)65(72)97/h7-23,41H,1-6H3. The van der Waals surface area contributed by atoms with Gasteiger partial charge < -0.3 is 14.7 Å². The molecule has 426 valence electrons. The van der Waals surface area contributed by atoms with Gasteiger partial charge in [0.05, 0.1) is 0 Å². The van der Waals surface area contributed by atoms with Gasteiger partial charge in [0.2, 0.25) is 6.71 Å². The van der Waals surface area contributed by atoms with Crippen LogP contribution in [0.3, 0.4) is 0 Å². The van der Waals surface area contributed by atoms with Gasteiger partial charge in [-0.05, 0) is 124 Å². The van der Waals surface area contributed by atoms with E-state index in [2.05, 4.69) is 131 Å². The minimum absolute atomic E-state index is 0.00166. The third-order valence-electron chi connectivity index (χ3n) is 22.3. The Hall–Kier alpha value is -7.56. The first-order valence-electron chi connectivity index (χ1n) is 33.4. The van der Waals surface area contributed by atoms with Gasteiger partial charge in [0, 0.05) is 57.1 Å². The van der Waals surface area contributed by atoms with Gasteiger partial charge >= 0.3 is 0 Å². The molecule has 0 amide bonds. The molecule has 0 saturated carbocycles.